The van der Waals surface area contributed by atoms with Crippen LogP contribution in [0.4, 0.5) is 0 Å². The van der Waals surface area contributed by atoms with Crippen molar-refractivity contribution in [1.82, 2.24) is 15.1 Å². The van der Waals surface area contributed by atoms with Crippen molar-refractivity contribution in [3.8, 4) is 0 Å². The van der Waals surface area contributed by atoms with Crippen molar-refractivity contribution < 1.29 is 14.0 Å². The van der Waals surface area contributed by atoms with Crippen LogP contribution in [0.1, 0.15) is 42.6 Å². The number of amides is 2. The highest BCUT2D eigenvalue weighted by Gasteiger charge is 2.26. The average molecular weight is 396 g/mol. The van der Waals surface area contributed by atoms with Crippen molar-refractivity contribution >= 4 is 11.8 Å². The second-order valence-electron chi connectivity index (χ2n) is 8.06. The molecular weight excluding hydrogens is 366 g/mol. The lowest BCUT2D eigenvalue weighted by atomic mass is 9.96. The quantitative estimate of drug-likeness (QED) is 0.783. The summed E-state index contributed by atoms with van der Waals surface area (Å²) in [6.07, 6.45) is 5.22. The maximum atomic E-state index is 12.8. The van der Waals surface area contributed by atoms with Crippen molar-refractivity contribution in [2.75, 3.05) is 19.6 Å². The largest absolute Gasteiger partial charge is 0.468 e. The topological polar surface area (TPSA) is 65.8 Å². The van der Waals surface area contributed by atoms with E-state index in [2.05, 4.69) is 16.3 Å². The normalized spacial score (nSPS) is 20.2. The fraction of sp³-hybridized carbons (Fsp3) is 0.478. The lowest BCUT2D eigenvalue weighted by Gasteiger charge is -2.31. The Bertz CT molecular complexity index is 834. The Morgan fingerprint density at radius 2 is 1.93 bits per heavy atom. The maximum Gasteiger partial charge on any atom is 0.224 e. The molecule has 2 aliphatic heterocycles. The fourth-order valence-electron chi connectivity index (χ4n) is 4.32. The zero-order chi connectivity index (χ0) is 20.1. The molecule has 154 valence electrons. The van der Waals surface area contributed by atoms with Gasteiger partial charge in [-0.15, -0.1) is 0 Å². The van der Waals surface area contributed by atoms with E-state index in [9.17, 15) is 9.59 Å². The second-order valence-corrected chi connectivity index (χ2v) is 8.06. The third-order valence-electron chi connectivity index (χ3n) is 5.94. The van der Waals surface area contributed by atoms with Gasteiger partial charge in [-0.05, 0) is 49.1 Å². The predicted molar refractivity (Wildman–Crippen MR) is 110 cm³/mol. The smallest absolute Gasteiger partial charge is 0.224 e. The van der Waals surface area contributed by atoms with Gasteiger partial charge in [0.2, 0.25) is 11.8 Å². The molecule has 1 atom stereocenters. The van der Waals surface area contributed by atoms with Gasteiger partial charge in [0.25, 0.3) is 0 Å². The zero-order valence-corrected chi connectivity index (χ0v) is 16.8. The number of hydrogen-bond acceptors (Lipinski definition) is 4. The van der Waals surface area contributed by atoms with Crippen LogP contribution < -0.4 is 5.32 Å². The lowest BCUT2D eigenvalue weighted by Crippen LogP contribution is -2.42. The number of piperidine rings is 1. The Hall–Kier alpha value is -2.60. The highest BCUT2D eigenvalue weighted by atomic mass is 16.3. The summed E-state index contributed by atoms with van der Waals surface area (Å²) in [5.74, 6) is 1.28. The molecule has 0 saturated carbocycles. The van der Waals surface area contributed by atoms with Crippen LogP contribution in [0.25, 0.3) is 0 Å². The molecule has 2 saturated heterocycles. The average Bonchev–Trinajstić information content (AvgIpc) is 3.39. The van der Waals surface area contributed by atoms with Gasteiger partial charge >= 0.3 is 0 Å². The van der Waals surface area contributed by atoms with E-state index in [0.717, 1.165) is 62.3 Å². The van der Waals surface area contributed by atoms with E-state index < -0.39 is 0 Å². The van der Waals surface area contributed by atoms with Crippen LogP contribution in [-0.2, 0) is 29.2 Å². The van der Waals surface area contributed by atoms with Crippen molar-refractivity contribution in [3.63, 3.8) is 0 Å². The van der Waals surface area contributed by atoms with Gasteiger partial charge in [0.1, 0.15) is 5.76 Å². The molecule has 2 aliphatic rings. The summed E-state index contributed by atoms with van der Waals surface area (Å²) in [5, 5.41) is 3.13. The number of hydrogen-bond donors (Lipinski definition) is 1. The highest BCUT2D eigenvalue weighted by molar-refractivity contribution is 5.79. The maximum absolute atomic E-state index is 12.8. The van der Waals surface area contributed by atoms with Crippen LogP contribution in [0.3, 0.4) is 0 Å². The molecule has 0 radical (unpaired) electrons. The SMILES string of the molecule is O=C(NCc1ccccc1CN1CCCC1=O)C1CCCN(Cc2ccco2)C1. The van der Waals surface area contributed by atoms with Gasteiger partial charge < -0.3 is 14.6 Å². The second kappa shape index (κ2) is 9.27. The first kappa shape index (κ1) is 19.7. The number of rotatable bonds is 7. The number of likely N-dealkylation sites (tertiary alicyclic amines) is 2. The first-order valence-corrected chi connectivity index (χ1v) is 10.6. The fourth-order valence-corrected chi connectivity index (χ4v) is 4.32. The predicted octanol–water partition coefficient (Wildman–Crippen LogP) is 2.93. The lowest BCUT2D eigenvalue weighted by molar-refractivity contribution is -0.128. The van der Waals surface area contributed by atoms with Gasteiger partial charge in [0.05, 0.1) is 18.7 Å². The van der Waals surface area contributed by atoms with Gasteiger partial charge in [-0.2, -0.15) is 0 Å². The van der Waals surface area contributed by atoms with E-state index in [0.29, 0.717) is 19.5 Å². The van der Waals surface area contributed by atoms with Gasteiger partial charge in [-0.25, -0.2) is 0 Å². The first-order valence-electron chi connectivity index (χ1n) is 10.6. The molecule has 0 spiro atoms. The van der Waals surface area contributed by atoms with E-state index in [-0.39, 0.29) is 17.7 Å². The van der Waals surface area contributed by atoms with E-state index in [1.54, 1.807) is 6.26 Å². The monoisotopic (exact) mass is 395 g/mol. The summed E-state index contributed by atoms with van der Waals surface area (Å²) in [4.78, 5) is 29.0. The molecule has 1 N–H and O–H groups in total. The van der Waals surface area contributed by atoms with E-state index in [1.807, 2.05) is 35.2 Å². The third-order valence-corrected chi connectivity index (χ3v) is 5.94. The molecule has 2 fully saturated rings. The number of carbonyl (C=O) groups is 2. The van der Waals surface area contributed by atoms with Gasteiger partial charge in [-0.3, -0.25) is 14.5 Å². The Balaban J connectivity index is 1.31. The van der Waals surface area contributed by atoms with Crippen LogP contribution in [0.5, 0.6) is 0 Å². The Kier molecular flexibility index (Phi) is 6.30. The van der Waals surface area contributed by atoms with Gasteiger partial charge in [-0.1, -0.05) is 24.3 Å². The minimum Gasteiger partial charge on any atom is -0.468 e. The molecule has 3 heterocycles. The minimum atomic E-state index is 0.00559. The number of benzene rings is 1. The Labute approximate surface area is 171 Å². The number of nitrogens with one attached hydrogen (secondary N) is 1. The van der Waals surface area contributed by atoms with Crippen molar-refractivity contribution in [3.05, 3.63) is 59.5 Å². The molecule has 2 aromatic rings. The summed E-state index contributed by atoms with van der Waals surface area (Å²) in [5.41, 5.74) is 2.20. The van der Waals surface area contributed by atoms with Crippen molar-refractivity contribution in [2.45, 2.75) is 45.3 Å². The Morgan fingerprint density at radius 1 is 1.07 bits per heavy atom. The molecule has 1 unspecified atom stereocenters. The summed E-state index contributed by atoms with van der Waals surface area (Å²) in [6, 6.07) is 12.0. The minimum absolute atomic E-state index is 0.00559. The zero-order valence-electron chi connectivity index (χ0n) is 16.8. The highest BCUT2D eigenvalue weighted by Crippen LogP contribution is 2.20. The molecule has 29 heavy (non-hydrogen) atoms. The standard InChI is InChI=1S/C23H29N3O3/c27-22-10-4-12-26(22)16-19-7-2-1-6-18(19)14-24-23(28)20-8-3-11-25(15-20)17-21-9-5-13-29-21/h1-2,5-7,9,13,20H,3-4,8,10-12,14-17H2,(H,24,28). The molecule has 1 aromatic heterocycles. The van der Waals surface area contributed by atoms with E-state index in [4.69, 9.17) is 4.42 Å². The Morgan fingerprint density at radius 3 is 2.69 bits per heavy atom. The van der Waals surface area contributed by atoms with Crippen molar-refractivity contribution in [2.24, 2.45) is 5.92 Å². The van der Waals surface area contributed by atoms with Gasteiger partial charge in [0, 0.05) is 32.6 Å². The van der Waals surface area contributed by atoms with Crippen molar-refractivity contribution in [1.29, 1.82) is 0 Å². The molecule has 0 bridgehead atoms. The number of nitrogens with zero attached hydrogens (tertiary/aromatic N) is 2. The third kappa shape index (κ3) is 5.07. The molecule has 2 amide bonds. The van der Waals surface area contributed by atoms with Crippen LogP contribution in [0, 0.1) is 5.92 Å². The van der Waals surface area contributed by atoms with Gasteiger partial charge in [0.15, 0.2) is 0 Å². The number of carbonyl (C=O) groups excluding carboxylic acids is 2. The molecule has 1 aromatic carbocycles. The summed E-state index contributed by atoms with van der Waals surface area (Å²) >= 11 is 0. The molecule has 6 nitrogen and oxygen atoms in total. The molecule has 0 aliphatic carbocycles. The van der Waals surface area contributed by atoms with Crippen LogP contribution in [-0.4, -0.2) is 41.2 Å². The van der Waals surface area contributed by atoms with E-state index >= 15 is 0 Å². The van der Waals surface area contributed by atoms with Crippen LogP contribution >= 0.6 is 0 Å². The van der Waals surface area contributed by atoms with Crippen LogP contribution in [0.2, 0.25) is 0 Å². The molecule has 6 heteroatoms. The first-order chi connectivity index (χ1) is 14.2. The summed E-state index contributed by atoms with van der Waals surface area (Å²) < 4.78 is 5.44. The number of furan rings is 1. The van der Waals surface area contributed by atoms with Crippen LogP contribution in [0.15, 0.2) is 47.1 Å². The molecular formula is C23H29N3O3. The molecule has 4 rings (SSSR count). The summed E-state index contributed by atoms with van der Waals surface area (Å²) in [6.45, 7) is 4.47. The van der Waals surface area contributed by atoms with E-state index in [1.165, 1.54) is 0 Å². The summed E-state index contributed by atoms with van der Waals surface area (Å²) in [7, 11) is 0.